The summed E-state index contributed by atoms with van der Waals surface area (Å²) >= 11 is 0. The largest absolute Gasteiger partial charge is 0.416 e. The highest BCUT2D eigenvalue weighted by molar-refractivity contribution is 5.86. The first-order chi connectivity index (χ1) is 15.2. The van der Waals surface area contributed by atoms with Crippen LogP contribution in [0.1, 0.15) is 45.6 Å². The lowest BCUT2D eigenvalue weighted by Crippen LogP contribution is -2.20. The van der Waals surface area contributed by atoms with Gasteiger partial charge in [0.05, 0.1) is 12.4 Å². The zero-order chi connectivity index (χ0) is 24.8. The van der Waals surface area contributed by atoms with E-state index in [-0.39, 0.29) is 0 Å². The molecule has 0 bridgehead atoms. The van der Waals surface area contributed by atoms with E-state index in [0.29, 0.717) is 5.56 Å². The van der Waals surface area contributed by atoms with Crippen molar-refractivity contribution in [1.82, 2.24) is 5.32 Å². The van der Waals surface area contributed by atoms with Crippen LogP contribution in [0.4, 0.5) is 13.2 Å². The van der Waals surface area contributed by atoms with Gasteiger partial charge in [-0.1, -0.05) is 60.6 Å². The summed E-state index contributed by atoms with van der Waals surface area (Å²) in [5.41, 5.74) is -1.54. The smallest absolute Gasteiger partial charge is 0.310 e. The molecular weight excluding hydrogens is 335 g/mol. The molecule has 0 spiro atoms. The summed E-state index contributed by atoms with van der Waals surface area (Å²) < 4.78 is 96.3. The summed E-state index contributed by atoms with van der Waals surface area (Å²) in [7, 11) is 0. The highest BCUT2D eigenvalue weighted by Crippen LogP contribution is 2.29. The third-order valence-corrected chi connectivity index (χ3v) is 3.93. The summed E-state index contributed by atoms with van der Waals surface area (Å²) in [6, 6.07) is 7.04. The van der Waals surface area contributed by atoms with Gasteiger partial charge in [0, 0.05) is 8.76 Å². The molecule has 1 atom stereocenters. The van der Waals surface area contributed by atoms with Crippen LogP contribution in [0.25, 0.3) is 10.8 Å². The van der Waals surface area contributed by atoms with Gasteiger partial charge >= 0.3 is 6.18 Å². The number of alkyl halides is 3. The number of hydrogen-bond donors (Lipinski definition) is 1. The van der Waals surface area contributed by atoms with Gasteiger partial charge in [0.2, 0.25) is 0 Å². The van der Waals surface area contributed by atoms with Crippen LogP contribution in [-0.2, 0) is 12.6 Å². The standard InChI is InChI=1S/C22H22F3N/c1-16(20-13-5-10-18-9-2-3-12-21(18)20)26-14-6-8-17-7-4-11-19(15-17)22(23,24)25/h2-5,7,9-13,15-16,26H,6,8,14H2,1H3/t16-/m0/s1/i4D,7D,11D,14D2,15D,16D. The van der Waals surface area contributed by atoms with Crippen molar-refractivity contribution < 1.29 is 22.8 Å². The molecule has 0 fully saturated rings. The Labute approximate surface area is 161 Å². The van der Waals surface area contributed by atoms with Gasteiger partial charge in [-0.3, -0.25) is 0 Å². The van der Waals surface area contributed by atoms with Crippen LogP contribution in [-0.4, -0.2) is 6.50 Å². The average molecular weight is 364 g/mol. The van der Waals surface area contributed by atoms with Crippen LogP contribution in [0.15, 0.2) is 66.6 Å². The molecule has 0 aromatic heterocycles. The summed E-state index contributed by atoms with van der Waals surface area (Å²) in [4.78, 5) is 0. The Bertz CT molecular complexity index is 1190. The molecule has 0 unspecified atom stereocenters. The van der Waals surface area contributed by atoms with Gasteiger partial charge in [0.1, 0.15) is 0 Å². The van der Waals surface area contributed by atoms with E-state index in [2.05, 4.69) is 5.32 Å². The normalized spacial score (nSPS) is 18.7. The number of benzene rings is 3. The molecule has 136 valence electrons. The first kappa shape index (κ1) is 11.4. The summed E-state index contributed by atoms with van der Waals surface area (Å²) in [6.45, 7) is -0.774. The van der Waals surface area contributed by atoms with Gasteiger partial charge in [-0.15, -0.1) is 0 Å². The van der Waals surface area contributed by atoms with E-state index in [0.717, 1.165) is 10.8 Å². The molecule has 1 N–H and O–H groups in total. The molecule has 0 saturated heterocycles. The summed E-state index contributed by atoms with van der Waals surface area (Å²) in [5, 5.41) is 4.21. The average Bonchev–Trinajstić information content (AvgIpc) is 2.70. The highest BCUT2D eigenvalue weighted by Gasteiger charge is 2.30. The van der Waals surface area contributed by atoms with Crippen LogP contribution in [0.2, 0.25) is 0 Å². The minimum Gasteiger partial charge on any atom is -0.310 e. The summed E-state index contributed by atoms with van der Waals surface area (Å²) in [6.07, 6.45) is -5.94. The number of hydrogen-bond acceptors (Lipinski definition) is 1. The number of nitrogens with one attached hydrogen (secondary N) is 1. The fraction of sp³-hybridized carbons (Fsp3) is 0.273. The van der Waals surface area contributed by atoms with Gasteiger partial charge in [0.15, 0.2) is 0 Å². The molecule has 0 aliphatic heterocycles. The number of fused-ring (bicyclic) bond motifs is 1. The second-order valence-corrected chi connectivity index (χ2v) is 5.80. The topological polar surface area (TPSA) is 12.0 Å². The van der Waals surface area contributed by atoms with Crippen molar-refractivity contribution in [3.63, 3.8) is 0 Å². The Hall–Kier alpha value is -2.33. The van der Waals surface area contributed by atoms with E-state index in [1.807, 2.05) is 24.3 Å². The fourth-order valence-corrected chi connectivity index (χ4v) is 2.65. The van der Waals surface area contributed by atoms with Crippen LogP contribution < -0.4 is 5.32 Å². The predicted molar refractivity (Wildman–Crippen MR) is 100 cm³/mol. The van der Waals surface area contributed by atoms with Crippen LogP contribution in [0.5, 0.6) is 0 Å². The maximum Gasteiger partial charge on any atom is 0.416 e. The molecule has 4 heteroatoms. The Balaban J connectivity index is 1.90. The Morgan fingerprint density at radius 1 is 1.15 bits per heavy atom. The third kappa shape index (κ3) is 4.44. The maximum atomic E-state index is 13.3. The molecule has 0 aliphatic rings. The minimum absolute atomic E-state index is 0.446. The van der Waals surface area contributed by atoms with E-state index in [4.69, 9.17) is 9.60 Å². The van der Waals surface area contributed by atoms with Crippen molar-refractivity contribution in [3.8, 4) is 0 Å². The van der Waals surface area contributed by atoms with E-state index in [1.54, 1.807) is 18.2 Å². The Kier molecular flexibility index (Phi) is 3.47. The van der Waals surface area contributed by atoms with Crippen molar-refractivity contribution in [3.05, 3.63) is 83.3 Å². The molecule has 0 aliphatic carbocycles. The van der Waals surface area contributed by atoms with E-state index < -0.39 is 66.8 Å². The maximum absolute atomic E-state index is 13.3. The van der Waals surface area contributed by atoms with Crippen molar-refractivity contribution >= 4 is 10.8 Å². The summed E-state index contributed by atoms with van der Waals surface area (Å²) in [5.74, 6) is 0. The van der Waals surface area contributed by atoms with Crippen LogP contribution >= 0.6 is 0 Å². The van der Waals surface area contributed by atoms with E-state index in [1.165, 1.54) is 6.92 Å². The first-order valence-electron chi connectivity index (χ1n) is 11.6. The van der Waals surface area contributed by atoms with Gasteiger partial charge in [0.25, 0.3) is 0 Å². The van der Waals surface area contributed by atoms with Crippen molar-refractivity contribution in [2.24, 2.45) is 0 Å². The lowest BCUT2D eigenvalue weighted by molar-refractivity contribution is -0.137. The Morgan fingerprint density at radius 3 is 2.73 bits per heavy atom. The second-order valence-electron chi connectivity index (χ2n) is 5.80. The Morgan fingerprint density at radius 2 is 1.92 bits per heavy atom. The van der Waals surface area contributed by atoms with Gasteiger partial charge < -0.3 is 5.32 Å². The lowest BCUT2D eigenvalue weighted by Gasteiger charge is -2.17. The molecule has 0 amide bonds. The molecule has 0 saturated carbocycles. The molecule has 3 aromatic carbocycles. The molecule has 0 heterocycles. The zero-order valence-electron chi connectivity index (χ0n) is 21.1. The number of rotatable bonds is 6. The van der Waals surface area contributed by atoms with Crippen LogP contribution in [0.3, 0.4) is 0 Å². The van der Waals surface area contributed by atoms with E-state index in [9.17, 15) is 13.2 Å². The monoisotopic (exact) mass is 364 g/mol. The lowest BCUT2D eigenvalue weighted by atomic mass is 9.99. The molecule has 3 aromatic rings. The second kappa shape index (κ2) is 7.92. The van der Waals surface area contributed by atoms with Crippen molar-refractivity contribution in [2.75, 3.05) is 6.50 Å². The SMILES string of the molecule is [2H]c1c([2H])c(CCC([2H])([2H])N[C@@]([2H])(C)c2cccc3ccccc23)c([2H])c(C(F)(F)F)c1[2H]. The molecule has 0 radical (unpaired) electrons. The third-order valence-electron chi connectivity index (χ3n) is 3.93. The van der Waals surface area contributed by atoms with Gasteiger partial charge in [-0.25, -0.2) is 0 Å². The zero-order valence-corrected chi connectivity index (χ0v) is 14.1. The number of halogens is 3. The first-order valence-corrected chi connectivity index (χ1v) is 8.10. The minimum atomic E-state index is -5.04. The molecular formula is C22H22F3N. The van der Waals surface area contributed by atoms with Gasteiger partial charge in [-0.05, 0) is 54.2 Å². The van der Waals surface area contributed by atoms with Crippen molar-refractivity contribution in [1.29, 1.82) is 0 Å². The van der Waals surface area contributed by atoms with Crippen LogP contribution in [0, 0.1) is 0 Å². The highest BCUT2D eigenvalue weighted by atomic mass is 19.4. The fourth-order valence-electron chi connectivity index (χ4n) is 2.65. The predicted octanol–water partition coefficient (Wildman–Crippen LogP) is 6.14. The van der Waals surface area contributed by atoms with Gasteiger partial charge in [-0.2, -0.15) is 13.2 Å². The quantitative estimate of drug-likeness (QED) is 0.554. The van der Waals surface area contributed by atoms with Crippen molar-refractivity contribution in [2.45, 2.75) is 32.0 Å². The molecule has 1 nitrogen and oxygen atoms in total. The molecule has 3 rings (SSSR count). The molecule has 26 heavy (non-hydrogen) atoms. The van der Waals surface area contributed by atoms with E-state index >= 15 is 0 Å².